The molecule has 2 unspecified atom stereocenters. The first-order chi connectivity index (χ1) is 8.77. The van der Waals surface area contributed by atoms with E-state index in [0.717, 1.165) is 11.3 Å². The van der Waals surface area contributed by atoms with E-state index >= 15 is 0 Å². The van der Waals surface area contributed by atoms with Crippen LogP contribution < -0.4 is 10.1 Å². The number of benzene rings is 1. The van der Waals surface area contributed by atoms with Gasteiger partial charge in [-0.3, -0.25) is 0 Å². The van der Waals surface area contributed by atoms with Crippen molar-refractivity contribution in [1.82, 2.24) is 5.32 Å². The van der Waals surface area contributed by atoms with Gasteiger partial charge in [0.25, 0.3) is 0 Å². The standard InChI is InChI=1S/C16H27NO2/c1-11(2)16(5,18)10-19-15-8-7-12(3)9-14(15)13(4)17-6/h7-9,11,13,17-18H,10H2,1-6H3. The summed E-state index contributed by atoms with van der Waals surface area (Å²) in [5.74, 6) is 0.997. The van der Waals surface area contributed by atoms with Crippen molar-refractivity contribution in [3.63, 3.8) is 0 Å². The van der Waals surface area contributed by atoms with Crippen molar-refractivity contribution in [2.45, 2.75) is 46.3 Å². The summed E-state index contributed by atoms with van der Waals surface area (Å²) in [6.45, 7) is 10.3. The van der Waals surface area contributed by atoms with Gasteiger partial charge in [0.05, 0.1) is 5.60 Å². The fraction of sp³-hybridized carbons (Fsp3) is 0.625. The summed E-state index contributed by atoms with van der Waals surface area (Å²) in [7, 11) is 1.93. The van der Waals surface area contributed by atoms with Crippen LogP contribution in [0.4, 0.5) is 0 Å². The van der Waals surface area contributed by atoms with Crippen LogP contribution in [-0.4, -0.2) is 24.4 Å². The molecule has 3 heteroatoms. The molecule has 2 N–H and O–H groups in total. The van der Waals surface area contributed by atoms with Gasteiger partial charge in [0.15, 0.2) is 0 Å². The van der Waals surface area contributed by atoms with Crippen LogP contribution in [0.1, 0.15) is 44.9 Å². The van der Waals surface area contributed by atoms with E-state index in [1.807, 2.05) is 40.0 Å². The van der Waals surface area contributed by atoms with Gasteiger partial charge in [-0.15, -0.1) is 0 Å². The van der Waals surface area contributed by atoms with Crippen LogP contribution in [0.25, 0.3) is 0 Å². The Balaban J connectivity index is 2.89. The van der Waals surface area contributed by atoms with Gasteiger partial charge in [0, 0.05) is 11.6 Å². The first-order valence-electron chi connectivity index (χ1n) is 6.91. The third-order valence-corrected chi connectivity index (χ3v) is 3.83. The first-order valence-corrected chi connectivity index (χ1v) is 6.91. The summed E-state index contributed by atoms with van der Waals surface area (Å²) in [6.07, 6.45) is 0. The van der Waals surface area contributed by atoms with E-state index < -0.39 is 5.60 Å². The minimum absolute atomic E-state index is 0.156. The highest BCUT2D eigenvalue weighted by Crippen LogP contribution is 2.27. The van der Waals surface area contributed by atoms with Crippen LogP contribution in [-0.2, 0) is 0 Å². The molecular weight excluding hydrogens is 238 g/mol. The van der Waals surface area contributed by atoms with Crippen LogP contribution in [0.5, 0.6) is 5.75 Å². The number of ether oxygens (including phenoxy) is 1. The lowest BCUT2D eigenvalue weighted by molar-refractivity contribution is -0.0269. The molecule has 108 valence electrons. The fourth-order valence-corrected chi connectivity index (χ4v) is 1.68. The highest BCUT2D eigenvalue weighted by atomic mass is 16.5. The largest absolute Gasteiger partial charge is 0.490 e. The molecule has 19 heavy (non-hydrogen) atoms. The summed E-state index contributed by atoms with van der Waals surface area (Å²) in [5, 5.41) is 13.5. The van der Waals surface area contributed by atoms with Crippen LogP contribution in [0.2, 0.25) is 0 Å². The quantitative estimate of drug-likeness (QED) is 0.830. The predicted octanol–water partition coefficient (Wildman–Crippen LogP) is 3.06. The fourth-order valence-electron chi connectivity index (χ4n) is 1.68. The molecule has 0 aliphatic carbocycles. The third-order valence-electron chi connectivity index (χ3n) is 3.83. The molecule has 0 saturated carbocycles. The van der Waals surface area contributed by atoms with E-state index in [0.29, 0.717) is 6.61 Å². The van der Waals surface area contributed by atoms with E-state index in [2.05, 4.69) is 25.2 Å². The highest BCUT2D eigenvalue weighted by Gasteiger charge is 2.26. The zero-order chi connectivity index (χ0) is 14.6. The van der Waals surface area contributed by atoms with Gasteiger partial charge in [-0.2, -0.15) is 0 Å². The molecule has 0 aliphatic rings. The van der Waals surface area contributed by atoms with E-state index in [1.54, 1.807) is 0 Å². The molecule has 0 heterocycles. The Morgan fingerprint density at radius 2 is 1.95 bits per heavy atom. The van der Waals surface area contributed by atoms with E-state index in [1.165, 1.54) is 5.56 Å². The lowest BCUT2D eigenvalue weighted by Crippen LogP contribution is -2.38. The normalized spacial score (nSPS) is 16.2. The average molecular weight is 265 g/mol. The average Bonchev–Trinajstić information content (AvgIpc) is 2.36. The van der Waals surface area contributed by atoms with Gasteiger partial charge >= 0.3 is 0 Å². The second-order valence-electron chi connectivity index (χ2n) is 5.85. The first kappa shape index (κ1) is 16.0. The molecule has 0 bridgehead atoms. The van der Waals surface area contributed by atoms with Crippen molar-refractivity contribution in [1.29, 1.82) is 0 Å². The van der Waals surface area contributed by atoms with Crippen LogP contribution in [0.15, 0.2) is 18.2 Å². The van der Waals surface area contributed by atoms with Gasteiger partial charge in [-0.25, -0.2) is 0 Å². The predicted molar refractivity (Wildman–Crippen MR) is 79.6 cm³/mol. The summed E-state index contributed by atoms with van der Waals surface area (Å²) in [5.41, 5.74) is 1.52. The smallest absolute Gasteiger partial charge is 0.124 e. The zero-order valence-corrected chi connectivity index (χ0v) is 12.9. The minimum atomic E-state index is -0.814. The van der Waals surface area contributed by atoms with Crippen LogP contribution >= 0.6 is 0 Å². The maximum atomic E-state index is 10.3. The molecule has 3 nitrogen and oxygen atoms in total. The van der Waals surface area contributed by atoms with Crippen molar-refractivity contribution in [3.8, 4) is 5.75 Å². The SMILES string of the molecule is CNC(C)c1cc(C)ccc1OCC(C)(O)C(C)C. The molecule has 0 radical (unpaired) electrons. The van der Waals surface area contributed by atoms with Gasteiger partial charge in [0.1, 0.15) is 12.4 Å². The van der Waals surface area contributed by atoms with Crippen LogP contribution in [0, 0.1) is 12.8 Å². The van der Waals surface area contributed by atoms with E-state index in [-0.39, 0.29) is 12.0 Å². The highest BCUT2D eigenvalue weighted by molar-refractivity contribution is 5.39. The molecule has 1 aromatic carbocycles. The van der Waals surface area contributed by atoms with E-state index in [4.69, 9.17) is 4.74 Å². The van der Waals surface area contributed by atoms with Gasteiger partial charge in [0.2, 0.25) is 0 Å². The number of hydrogen-bond acceptors (Lipinski definition) is 3. The lowest BCUT2D eigenvalue weighted by atomic mass is 9.93. The zero-order valence-electron chi connectivity index (χ0n) is 12.9. The number of nitrogens with one attached hydrogen (secondary N) is 1. The van der Waals surface area contributed by atoms with Gasteiger partial charge < -0.3 is 15.2 Å². The summed E-state index contributed by atoms with van der Waals surface area (Å²) < 4.78 is 5.85. The summed E-state index contributed by atoms with van der Waals surface area (Å²) >= 11 is 0. The van der Waals surface area contributed by atoms with Crippen molar-refractivity contribution >= 4 is 0 Å². The van der Waals surface area contributed by atoms with Crippen molar-refractivity contribution in [2.75, 3.05) is 13.7 Å². The van der Waals surface area contributed by atoms with Crippen molar-refractivity contribution in [3.05, 3.63) is 29.3 Å². The third kappa shape index (κ3) is 4.22. The van der Waals surface area contributed by atoms with Crippen molar-refractivity contribution < 1.29 is 9.84 Å². The molecule has 0 spiro atoms. The Hall–Kier alpha value is -1.06. The van der Waals surface area contributed by atoms with E-state index in [9.17, 15) is 5.11 Å². The molecule has 0 amide bonds. The van der Waals surface area contributed by atoms with Gasteiger partial charge in [-0.1, -0.05) is 31.5 Å². The molecule has 0 fully saturated rings. The maximum Gasteiger partial charge on any atom is 0.124 e. The minimum Gasteiger partial charge on any atom is -0.490 e. The number of rotatable bonds is 6. The molecular formula is C16H27NO2. The Morgan fingerprint density at radius 3 is 2.47 bits per heavy atom. The Kier molecular flexibility index (Phi) is 5.39. The summed E-state index contributed by atoms with van der Waals surface area (Å²) in [6, 6.07) is 6.36. The lowest BCUT2D eigenvalue weighted by Gasteiger charge is -2.28. The molecule has 2 atom stereocenters. The summed E-state index contributed by atoms with van der Waals surface area (Å²) in [4.78, 5) is 0. The second kappa shape index (κ2) is 6.40. The van der Waals surface area contributed by atoms with Crippen molar-refractivity contribution in [2.24, 2.45) is 5.92 Å². The molecule has 0 saturated heterocycles. The number of aliphatic hydroxyl groups is 1. The molecule has 0 aliphatic heterocycles. The Labute approximate surface area is 117 Å². The number of hydrogen-bond donors (Lipinski definition) is 2. The Morgan fingerprint density at radius 1 is 1.32 bits per heavy atom. The number of aryl methyl sites for hydroxylation is 1. The topological polar surface area (TPSA) is 41.5 Å². The Bertz CT molecular complexity index is 413. The molecule has 1 aromatic rings. The molecule has 1 rings (SSSR count). The van der Waals surface area contributed by atoms with Gasteiger partial charge in [-0.05, 0) is 39.8 Å². The maximum absolute atomic E-state index is 10.3. The van der Waals surface area contributed by atoms with Crippen LogP contribution in [0.3, 0.4) is 0 Å². The second-order valence-corrected chi connectivity index (χ2v) is 5.85. The molecule has 0 aromatic heterocycles. The monoisotopic (exact) mass is 265 g/mol.